The summed E-state index contributed by atoms with van der Waals surface area (Å²) in [4.78, 5) is 4.20. The van der Waals surface area contributed by atoms with Gasteiger partial charge in [0.2, 0.25) is 0 Å². The Kier molecular flexibility index (Phi) is 7.70. The van der Waals surface area contributed by atoms with E-state index in [9.17, 15) is 0 Å². The lowest BCUT2D eigenvalue weighted by molar-refractivity contribution is 0.297. The maximum absolute atomic E-state index is 6.31. The fourth-order valence-electron chi connectivity index (χ4n) is 2.37. The molecule has 0 saturated heterocycles. The Morgan fingerprint density at radius 1 is 1.16 bits per heavy atom. The van der Waals surface area contributed by atoms with Gasteiger partial charge in [0, 0.05) is 32.1 Å². The monoisotopic (exact) mass is 477 g/mol. The molecule has 25 heavy (non-hydrogen) atoms. The fraction of sp³-hybridized carbons (Fsp3) is 0.353. The number of hydrogen-bond donors (Lipinski definition) is 2. The molecule has 0 spiro atoms. The number of halogens is 2. The molecule has 0 aliphatic carbocycles. The van der Waals surface area contributed by atoms with Crippen LogP contribution in [0, 0.1) is 0 Å². The summed E-state index contributed by atoms with van der Waals surface area (Å²) in [6.45, 7) is 2.46. The Balaban J connectivity index is 0.00000225. The summed E-state index contributed by atoms with van der Waals surface area (Å²) in [5, 5.41) is 7.03. The van der Waals surface area contributed by atoms with Crippen LogP contribution in [0.1, 0.15) is 17.5 Å². The molecule has 0 radical (unpaired) electrons. The van der Waals surface area contributed by atoms with Gasteiger partial charge < -0.3 is 24.5 Å². The van der Waals surface area contributed by atoms with E-state index in [-0.39, 0.29) is 24.0 Å². The van der Waals surface area contributed by atoms with Crippen LogP contribution in [0.2, 0.25) is 5.02 Å². The molecule has 0 saturated carbocycles. The van der Waals surface area contributed by atoms with Crippen LogP contribution in [0.4, 0.5) is 0 Å². The lowest BCUT2D eigenvalue weighted by Crippen LogP contribution is -2.36. The summed E-state index contributed by atoms with van der Waals surface area (Å²) in [7, 11) is 1.73. The molecule has 1 aromatic carbocycles. The van der Waals surface area contributed by atoms with Crippen molar-refractivity contribution in [2.24, 2.45) is 4.99 Å². The number of rotatable bonds is 4. The largest absolute Gasteiger partial charge is 0.489 e. The minimum atomic E-state index is 0. The quantitative estimate of drug-likeness (QED) is 0.400. The minimum absolute atomic E-state index is 0. The van der Waals surface area contributed by atoms with E-state index in [4.69, 9.17) is 25.5 Å². The van der Waals surface area contributed by atoms with Crippen LogP contribution in [0.15, 0.2) is 40.1 Å². The highest BCUT2D eigenvalue weighted by Crippen LogP contribution is 2.37. The van der Waals surface area contributed by atoms with Crippen molar-refractivity contribution in [1.82, 2.24) is 10.6 Å². The Bertz CT molecular complexity index is 707. The molecular formula is C17H21ClIN3O3. The van der Waals surface area contributed by atoms with Gasteiger partial charge in [0.25, 0.3) is 0 Å². The van der Waals surface area contributed by atoms with E-state index in [2.05, 4.69) is 15.6 Å². The second-order valence-corrected chi connectivity index (χ2v) is 5.77. The molecule has 0 unspecified atom stereocenters. The number of nitrogens with zero attached hydrogens (tertiary/aromatic N) is 1. The number of guanidine groups is 1. The Hall–Kier alpha value is -1.61. The first kappa shape index (κ1) is 19.7. The first-order chi connectivity index (χ1) is 11.8. The van der Waals surface area contributed by atoms with Crippen LogP contribution in [0.5, 0.6) is 11.5 Å². The van der Waals surface area contributed by atoms with E-state index in [1.807, 2.05) is 18.2 Å². The third kappa shape index (κ3) is 5.43. The van der Waals surface area contributed by atoms with Crippen LogP contribution >= 0.6 is 35.6 Å². The van der Waals surface area contributed by atoms with Gasteiger partial charge in [-0.15, -0.1) is 24.0 Å². The second kappa shape index (κ2) is 9.76. The van der Waals surface area contributed by atoms with Crippen molar-refractivity contribution in [2.45, 2.75) is 19.5 Å². The van der Waals surface area contributed by atoms with Crippen molar-refractivity contribution in [2.75, 3.05) is 20.3 Å². The summed E-state index contributed by atoms with van der Waals surface area (Å²) in [6, 6.07) is 5.73. The molecule has 2 N–H and O–H groups in total. The zero-order valence-corrected chi connectivity index (χ0v) is 17.0. The van der Waals surface area contributed by atoms with E-state index in [0.717, 1.165) is 17.5 Å². The number of benzene rings is 1. The maximum atomic E-state index is 6.31. The Morgan fingerprint density at radius 3 is 2.64 bits per heavy atom. The molecule has 1 aliphatic rings. The number of furan rings is 1. The predicted molar refractivity (Wildman–Crippen MR) is 108 cm³/mol. The van der Waals surface area contributed by atoms with Crippen LogP contribution in [0.25, 0.3) is 0 Å². The SMILES string of the molecule is CN=C(NCc1ccoc1)NCc1cc(Cl)c2c(c1)OCCCO2.I. The molecule has 0 atom stereocenters. The third-order valence-electron chi connectivity index (χ3n) is 3.59. The van der Waals surface area contributed by atoms with Crippen molar-refractivity contribution in [3.8, 4) is 11.5 Å². The molecule has 6 nitrogen and oxygen atoms in total. The lowest BCUT2D eigenvalue weighted by Gasteiger charge is -2.14. The molecule has 8 heteroatoms. The highest BCUT2D eigenvalue weighted by atomic mass is 127. The molecule has 136 valence electrons. The van der Waals surface area contributed by atoms with Gasteiger partial charge in [-0.05, 0) is 23.8 Å². The third-order valence-corrected chi connectivity index (χ3v) is 3.87. The van der Waals surface area contributed by atoms with Crippen molar-refractivity contribution in [3.63, 3.8) is 0 Å². The van der Waals surface area contributed by atoms with Gasteiger partial charge in [-0.1, -0.05) is 11.6 Å². The van der Waals surface area contributed by atoms with Gasteiger partial charge in [-0.25, -0.2) is 0 Å². The van der Waals surface area contributed by atoms with Gasteiger partial charge in [0.05, 0.1) is 30.8 Å². The van der Waals surface area contributed by atoms with Crippen molar-refractivity contribution < 1.29 is 13.9 Å². The Labute approximate surface area is 169 Å². The number of fused-ring (bicyclic) bond motifs is 1. The predicted octanol–water partition coefficient (Wildman–Crippen LogP) is 3.58. The molecule has 0 amide bonds. The molecule has 0 fully saturated rings. The molecule has 3 rings (SSSR count). The summed E-state index contributed by atoms with van der Waals surface area (Å²) in [5.41, 5.74) is 2.05. The van der Waals surface area contributed by atoms with E-state index in [0.29, 0.717) is 48.8 Å². The maximum Gasteiger partial charge on any atom is 0.191 e. The van der Waals surface area contributed by atoms with E-state index in [1.54, 1.807) is 19.6 Å². The molecule has 1 aromatic heterocycles. The average Bonchev–Trinajstić information content (AvgIpc) is 2.99. The van der Waals surface area contributed by atoms with Crippen LogP contribution in [-0.4, -0.2) is 26.2 Å². The van der Waals surface area contributed by atoms with E-state index < -0.39 is 0 Å². The van der Waals surface area contributed by atoms with Crippen molar-refractivity contribution in [1.29, 1.82) is 0 Å². The normalized spacial score (nSPS) is 13.6. The lowest BCUT2D eigenvalue weighted by atomic mass is 10.2. The minimum Gasteiger partial charge on any atom is -0.489 e. The van der Waals surface area contributed by atoms with Crippen LogP contribution < -0.4 is 20.1 Å². The first-order valence-corrected chi connectivity index (χ1v) is 8.17. The van der Waals surface area contributed by atoms with Crippen molar-refractivity contribution in [3.05, 3.63) is 46.9 Å². The zero-order chi connectivity index (χ0) is 16.8. The summed E-state index contributed by atoms with van der Waals surface area (Å²) in [5.74, 6) is 2.01. The highest BCUT2D eigenvalue weighted by molar-refractivity contribution is 14.0. The van der Waals surface area contributed by atoms with Crippen LogP contribution in [-0.2, 0) is 13.1 Å². The van der Waals surface area contributed by atoms with E-state index >= 15 is 0 Å². The molecule has 2 heterocycles. The standard InChI is InChI=1S/C17H20ClN3O3.HI/c1-19-17(20-9-12-3-6-22-11-12)21-10-13-7-14(18)16-15(8-13)23-4-2-5-24-16;/h3,6-8,11H,2,4-5,9-10H2,1H3,(H2,19,20,21);1H. The number of hydrogen-bond acceptors (Lipinski definition) is 4. The second-order valence-electron chi connectivity index (χ2n) is 5.37. The summed E-state index contributed by atoms with van der Waals surface area (Å²) >= 11 is 6.31. The molecular weight excluding hydrogens is 457 g/mol. The van der Waals surface area contributed by atoms with Crippen molar-refractivity contribution >= 4 is 41.5 Å². The first-order valence-electron chi connectivity index (χ1n) is 7.80. The van der Waals surface area contributed by atoms with Crippen LogP contribution in [0.3, 0.4) is 0 Å². The van der Waals surface area contributed by atoms with E-state index in [1.165, 1.54) is 0 Å². The highest BCUT2D eigenvalue weighted by Gasteiger charge is 2.15. The van der Waals surface area contributed by atoms with Gasteiger partial charge in [-0.3, -0.25) is 4.99 Å². The number of nitrogens with one attached hydrogen (secondary N) is 2. The number of ether oxygens (including phenoxy) is 2. The smallest absolute Gasteiger partial charge is 0.191 e. The van der Waals surface area contributed by atoms with Gasteiger partial charge >= 0.3 is 0 Å². The molecule has 2 aromatic rings. The molecule has 0 bridgehead atoms. The Morgan fingerprint density at radius 2 is 1.92 bits per heavy atom. The van der Waals surface area contributed by atoms with Gasteiger partial charge in [0.1, 0.15) is 0 Å². The zero-order valence-electron chi connectivity index (χ0n) is 13.9. The summed E-state index contributed by atoms with van der Waals surface area (Å²) < 4.78 is 16.4. The van der Waals surface area contributed by atoms with Gasteiger partial charge in [-0.2, -0.15) is 0 Å². The summed E-state index contributed by atoms with van der Waals surface area (Å²) in [6.07, 6.45) is 4.19. The topological polar surface area (TPSA) is 68.0 Å². The number of aliphatic imine (C=N–C) groups is 1. The van der Waals surface area contributed by atoms with Gasteiger partial charge in [0.15, 0.2) is 17.5 Å². The average molecular weight is 478 g/mol. The molecule has 1 aliphatic heterocycles. The fourth-order valence-corrected chi connectivity index (χ4v) is 2.66.